The van der Waals surface area contributed by atoms with Crippen molar-refractivity contribution >= 4 is 0 Å². The van der Waals surface area contributed by atoms with E-state index in [1.165, 1.54) is 19.3 Å². The van der Waals surface area contributed by atoms with E-state index in [1.807, 2.05) is 0 Å². The van der Waals surface area contributed by atoms with Crippen molar-refractivity contribution in [2.75, 3.05) is 13.1 Å². The fourth-order valence-corrected chi connectivity index (χ4v) is 1.79. The van der Waals surface area contributed by atoms with Crippen LogP contribution < -0.4 is 5.32 Å². The smallest absolute Gasteiger partial charge is 0.0897 e. The second-order valence-corrected chi connectivity index (χ2v) is 3.83. The Balaban J connectivity index is 1.77. The van der Waals surface area contributed by atoms with Crippen LogP contribution in [0.15, 0.2) is 0 Å². The van der Waals surface area contributed by atoms with Gasteiger partial charge in [0.2, 0.25) is 0 Å². The predicted molar refractivity (Wildman–Crippen MR) is 39.8 cm³/mol. The molecule has 1 saturated heterocycles. The minimum Gasteiger partial charge on any atom is -0.387 e. The lowest BCUT2D eigenvalue weighted by atomic mass is 9.75. The minimum absolute atomic E-state index is 0.314. The molecule has 0 radical (unpaired) electrons. The number of aliphatic hydroxyl groups is 1. The molecule has 0 spiro atoms. The van der Waals surface area contributed by atoms with Crippen molar-refractivity contribution in [3.05, 3.63) is 0 Å². The maximum atomic E-state index is 9.68. The zero-order chi connectivity index (χ0) is 7.03. The molecule has 2 rings (SSSR count). The van der Waals surface area contributed by atoms with E-state index in [0.717, 1.165) is 25.4 Å². The molecule has 10 heavy (non-hydrogen) atoms. The zero-order valence-corrected chi connectivity index (χ0v) is 6.27. The highest BCUT2D eigenvalue weighted by molar-refractivity contribution is 4.95. The maximum Gasteiger partial charge on any atom is 0.0897 e. The summed E-state index contributed by atoms with van der Waals surface area (Å²) < 4.78 is 0. The molecule has 0 amide bonds. The van der Waals surface area contributed by atoms with Crippen LogP contribution in [0.4, 0.5) is 0 Å². The Labute approximate surface area is 61.6 Å². The molecular formula is C8H15NO. The van der Waals surface area contributed by atoms with E-state index in [1.54, 1.807) is 0 Å². The van der Waals surface area contributed by atoms with Gasteiger partial charge in [-0.1, -0.05) is 19.3 Å². The van der Waals surface area contributed by atoms with Crippen LogP contribution in [0, 0.1) is 5.92 Å². The average molecular weight is 141 g/mol. The van der Waals surface area contributed by atoms with Gasteiger partial charge < -0.3 is 10.4 Å². The molecule has 2 N–H and O–H groups in total. The van der Waals surface area contributed by atoms with Crippen LogP contribution in [0.2, 0.25) is 0 Å². The summed E-state index contributed by atoms with van der Waals surface area (Å²) in [7, 11) is 0. The van der Waals surface area contributed by atoms with Gasteiger partial charge in [0, 0.05) is 13.1 Å². The van der Waals surface area contributed by atoms with Gasteiger partial charge >= 0.3 is 0 Å². The predicted octanol–water partition coefficient (Wildman–Crippen LogP) is 0.511. The standard InChI is InChI=1S/C8H15NO/c10-8(5-9-6-8)4-7-2-1-3-7/h7,9-10H,1-6H2. The highest BCUT2D eigenvalue weighted by Gasteiger charge is 2.37. The molecule has 1 aliphatic heterocycles. The average Bonchev–Trinajstić information content (AvgIpc) is 1.74. The van der Waals surface area contributed by atoms with Crippen molar-refractivity contribution in [1.82, 2.24) is 5.32 Å². The second-order valence-electron chi connectivity index (χ2n) is 3.83. The van der Waals surface area contributed by atoms with Crippen molar-refractivity contribution in [1.29, 1.82) is 0 Å². The summed E-state index contributed by atoms with van der Waals surface area (Å²) in [4.78, 5) is 0. The van der Waals surface area contributed by atoms with Crippen molar-refractivity contribution in [2.24, 2.45) is 5.92 Å². The van der Waals surface area contributed by atoms with Gasteiger partial charge in [0.25, 0.3) is 0 Å². The van der Waals surface area contributed by atoms with E-state index in [4.69, 9.17) is 0 Å². The molecule has 2 fully saturated rings. The molecule has 0 bridgehead atoms. The van der Waals surface area contributed by atoms with Gasteiger partial charge in [-0.3, -0.25) is 0 Å². The molecular weight excluding hydrogens is 126 g/mol. The molecule has 1 saturated carbocycles. The summed E-state index contributed by atoms with van der Waals surface area (Å²) in [5, 5.41) is 12.8. The van der Waals surface area contributed by atoms with Gasteiger partial charge in [0.05, 0.1) is 5.60 Å². The number of hydrogen-bond acceptors (Lipinski definition) is 2. The summed E-state index contributed by atoms with van der Waals surface area (Å²) in [6, 6.07) is 0. The van der Waals surface area contributed by atoms with Gasteiger partial charge in [-0.15, -0.1) is 0 Å². The van der Waals surface area contributed by atoms with Crippen molar-refractivity contribution in [3.8, 4) is 0 Å². The van der Waals surface area contributed by atoms with Crippen LogP contribution in [0.3, 0.4) is 0 Å². The second kappa shape index (κ2) is 2.21. The molecule has 0 aromatic heterocycles. The fourth-order valence-electron chi connectivity index (χ4n) is 1.79. The SMILES string of the molecule is OC1(CC2CCC2)CNC1. The van der Waals surface area contributed by atoms with Gasteiger partial charge in [0.15, 0.2) is 0 Å². The Morgan fingerprint density at radius 2 is 2.10 bits per heavy atom. The van der Waals surface area contributed by atoms with Crippen LogP contribution in [0.25, 0.3) is 0 Å². The molecule has 0 unspecified atom stereocenters. The molecule has 0 aromatic carbocycles. The molecule has 1 heterocycles. The summed E-state index contributed by atoms with van der Waals surface area (Å²) in [6.45, 7) is 1.65. The zero-order valence-electron chi connectivity index (χ0n) is 6.27. The molecule has 2 nitrogen and oxygen atoms in total. The molecule has 1 aliphatic carbocycles. The van der Waals surface area contributed by atoms with Crippen molar-refractivity contribution in [2.45, 2.75) is 31.3 Å². The quantitative estimate of drug-likeness (QED) is 0.587. The third kappa shape index (κ3) is 1.06. The van der Waals surface area contributed by atoms with E-state index in [2.05, 4.69) is 5.32 Å². The third-order valence-electron chi connectivity index (χ3n) is 2.80. The van der Waals surface area contributed by atoms with Crippen molar-refractivity contribution < 1.29 is 5.11 Å². The van der Waals surface area contributed by atoms with Gasteiger partial charge in [0.1, 0.15) is 0 Å². The highest BCUT2D eigenvalue weighted by atomic mass is 16.3. The molecule has 2 aliphatic rings. The van der Waals surface area contributed by atoms with Crippen LogP contribution in [-0.2, 0) is 0 Å². The number of hydrogen-bond donors (Lipinski definition) is 2. The normalized spacial score (nSPS) is 30.9. The Morgan fingerprint density at radius 1 is 1.40 bits per heavy atom. The Kier molecular flexibility index (Phi) is 1.46. The van der Waals surface area contributed by atoms with Crippen LogP contribution in [-0.4, -0.2) is 23.8 Å². The lowest BCUT2D eigenvalue weighted by molar-refractivity contribution is -0.0394. The third-order valence-corrected chi connectivity index (χ3v) is 2.80. The summed E-state index contributed by atoms with van der Waals surface area (Å²) in [5.41, 5.74) is -0.314. The van der Waals surface area contributed by atoms with Crippen molar-refractivity contribution in [3.63, 3.8) is 0 Å². The van der Waals surface area contributed by atoms with Gasteiger partial charge in [-0.2, -0.15) is 0 Å². The van der Waals surface area contributed by atoms with Gasteiger partial charge in [-0.25, -0.2) is 0 Å². The maximum absolute atomic E-state index is 9.68. The summed E-state index contributed by atoms with van der Waals surface area (Å²) in [6.07, 6.45) is 5.12. The van der Waals surface area contributed by atoms with E-state index in [9.17, 15) is 5.11 Å². The summed E-state index contributed by atoms with van der Waals surface area (Å²) in [5.74, 6) is 0.840. The minimum atomic E-state index is -0.314. The number of β-amino-alcohol motifs (C(OH)–C–C–N with tert-alkyl or cyclic N) is 1. The number of nitrogens with one attached hydrogen (secondary N) is 1. The largest absolute Gasteiger partial charge is 0.387 e. The monoisotopic (exact) mass is 141 g/mol. The first-order valence-electron chi connectivity index (χ1n) is 4.22. The first-order chi connectivity index (χ1) is 4.79. The highest BCUT2D eigenvalue weighted by Crippen LogP contribution is 2.34. The van der Waals surface area contributed by atoms with Crippen LogP contribution in [0.1, 0.15) is 25.7 Å². The molecule has 58 valence electrons. The van der Waals surface area contributed by atoms with E-state index >= 15 is 0 Å². The Bertz CT molecular complexity index is 127. The molecule has 2 heteroatoms. The van der Waals surface area contributed by atoms with Gasteiger partial charge in [-0.05, 0) is 12.3 Å². The van der Waals surface area contributed by atoms with E-state index < -0.39 is 0 Å². The molecule has 0 atom stereocenters. The lowest BCUT2D eigenvalue weighted by Gasteiger charge is -2.42. The van der Waals surface area contributed by atoms with E-state index in [-0.39, 0.29) is 5.60 Å². The Hall–Kier alpha value is -0.0800. The topological polar surface area (TPSA) is 32.3 Å². The first kappa shape index (κ1) is 6.62. The fraction of sp³-hybridized carbons (Fsp3) is 1.00. The van der Waals surface area contributed by atoms with Crippen LogP contribution in [0.5, 0.6) is 0 Å². The Morgan fingerprint density at radius 3 is 2.40 bits per heavy atom. The first-order valence-corrected chi connectivity index (χ1v) is 4.22. The summed E-state index contributed by atoms with van der Waals surface area (Å²) >= 11 is 0. The van der Waals surface area contributed by atoms with Crippen LogP contribution >= 0.6 is 0 Å². The molecule has 0 aromatic rings. The van der Waals surface area contributed by atoms with E-state index in [0.29, 0.717) is 0 Å². The lowest BCUT2D eigenvalue weighted by Crippen LogP contribution is -2.60. The number of rotatable bonds is 2.